The molecule has 2 N–H and O–H groups in total. The molecular weight excluding hydrogens is 484 g/mol. The highest BCUT2D eigenvalue weighted by molar-refractivity contribution is 8.00. The molecule has 0 aliphatic heterocycles. The fourth-order valence-corrected chi connectivity index (χ4v) is 4.83. The van der Waals surface area contributed by atoms with Crippen molar-refractivity contribution in [3.63, 3.8) is 0 Å². The monoisotopic (exact) mass is 510 g/mol. The lowest BCUT2D eigenvalue weighted by atomic mass is 10.1. The van der Waals surface area contributed by atoms with E-state index in [0.29, 0.717) is 11.4 Å². The number of anilines is 2. The Hall–Kier alpha value is -4.36. The van der Waals surface area contributed by atoms with Gasteiger partial charge in [-0.05, 0) is 41.5 Å². The van der Waals surface area contributed by atoms with E-state index in [9.17, 15) is 14.4 Å². The molecule has 0 radical (unpaired) electrons. The fraction of sp³-hybridized carbons (Fsp3) is 0.100. The minimum Gasteiger partial charge on any atom is -0.465 e. The highest BCUT2D eigenvalue weighted by Crippen LogP contribution is 2.37. The number of methoxy groups -OCH3 is 1. The van der Waals surface area contributed by atoms with E-state index in [1.54, 1.807) is 24.3 Å². The van der Waals surface area contributed by atoms with Gasteiger partial charge in [-0.3, -0.25) is 9.59 Å². The number of amides is 2. The zero-order chi connectivity index (χ0) is 26.0. The average Bonchev–Trinajstić information content (AvgIpc) is 2.92. The van der Waals surface area contributed by atoms with Crippen molar-refractivity contribution in [1.82, 2.24) is 0 Å². The van der Waals surface area contributed by atoms with E-state index in [1.807, 2.05) is 84.9 Å². The SMILES string of the molecule is COC(=O)c1ccccc1NC(=O)C(Sc1cccc(NC(=O)Cc2ccccc2)c1)c1ccccc1. The highest BCUT2D eigenvalue weighted by Gasteiger charge is 2.24. The Bertz CT molecular complexity index is 1380. The summed E-state index contributed by atoms with van der Waals surface area (Å²) < 4.78 is 4.85. The molecule has 0 heterocycles. The van der Waals surface area contributed by atoms with Gasteiger partial charge in [0.25, 0.3) is 0 Å². The lowest BCUT2D eigenvalue weighted by Gasteiger charge is -2.18. The number of ether oxygens (including phenoxy) is 1. The quantitative estimate of drug-likeness (QED) is 0.209. The van der Waals surface area contributed by atoms with E-state index in [-0.39, 0.29) is 23.8 Å². The van der Waals surface area contributed by atoms with Gasteiger partial charge in [-0.15, -0.1) is 11.8 Å². The van der Waals surface area contributed by atoms with Crippen LogP contribution < -0.4 is 10.6 Å². The lowest BCUT2D eigenvalue weighted by molar-refractivity contribution is -0.116. The maximum atomic E-state index is 13.5. The van der Waals surface area contributed by atoms with Crippen LogP contribution in [0.4, 0.5) is 11.4 Å². The number of hydrogen-bond acceptors (Lipinski definition) is 5. The third kappa shape index (κ3) is 7.08. The molecule has 1 unspecified atom stereocenters. The Morgan fingerprint density at radius 1 is 0.784 bits per heavy atom. The first-order valence-corrected chi connectivity index (χ1v) is 12.5. The van der Waals surface area contributed by atoms with Crippen LogP contribution in [-0.2, 0) is 20.7 Å². The largest absolute Gasteiger partial charge is 0.465 e. The summed E-state index contributed by atoms with van der Waals surface area (Å²) >= 11 is 1.35. The average molecular weight is 511 g/mol. The molecule has 0 bridgehead atoms. The van der Waals surface area contributed by atoms with Crippen molar-refractivity contribution in [3.05, 3.63) is 126 Å². The number of rotatable bonds is 9. The second kappa shape index (κ2) is 12.6. The summed E-state index contributed by atoms with van der Waals surface area (Å²) in [6.45, 7) is 0. The topological polar surface area (TPSA) is 84.5 Å². The van der Waals surface area contributed by atoms with Crippen LogP contribution in [0.2, 0.25) is 0 Å². The second-order valence-electron chi connectivity index (χ2n) is 8.17. The summed E-state index contributed by atoms with van der Waals surface area (Å²) in [6, 6.07) is 33.1. The van der Waals surface area contributed by atoms with Gasteiger partial charge in [-0.25, -0.2) is 4.79 Å². The molecule has 4 aromatic carbocycles. The third-order valence-corrected chi connectivity index (χ3v) is 6.76. The first kappa shape index (κ1) is 25.7. The highest BCUT2D eigenvalue weighted by atomic mass is 32.2. The summed E-state index contributed by atoms with van der Waals surface area (Å²) in [5.74, 6) is -0.935. The zero-order valence-corrected chi connectivity index (χ0v) is 21.0. The first-order chi connectivity index (χ1) is 18.0. The third-order valence-electron chi connectivity index (χ3n) is 5.51. The molecule has 0 spiro atoms. The van der Waals surface area contributed by atoms with E-state index in [2.05, 4.69) is 10.6 Å². The molecule has 37 heavy (non-hydrogen) atoms. The molecule has 0 fully saturated rings. The van der Waals surface area contributed by atoms with Crippen molar-refractivity contribution < 1.29 is 19.1 Å². The molecule has 0 aromatic heterocycles. The van der Waals surface area contributed by atoms with Gasteiger partial charge < -0.3 is 15.4 Å². The first-order valence-electron chi connectivity index (χ1n) is 11.7. The molecule has 0 saturated heterocycles. The Morgan fingerprint density at radius 3 is 2.19 bits per heavy atom. The van der Waals surface area contributed by atoms with Crippen LogP contribution in [0.25, 0.3) is 0 Å². The molecule has 0 aliphatic carbocycles. The van der Waals surface area contributed by atoms with E-state index in [4.69, 9.17) is 4.74 Å². The van der Waals surface area contributed by atoms with Crippen LogP contribution in [0.15, 0.2) is 114 Å². The Kier molecular flexibility index (Phi) is 8.73. The van der Waals surface area contributed by atoms with Crippen molar-refractivity contribution >= 4 is 40.9 Å². The summed E-state index contributed by atoms with van der Waals surface area (Å²) in [6.07, 6.45) is 0.271. The number of carbonyl (C=O) groups is 3. The van der Waals surface area contributed by atoms with Gasteiger partial charge in [0.15, 0.2) is 0 Å². The van der Waals surface area contributed by atoms with Gasteiger partial charge in [-0.1, -0.05) is 78.9 Å². The standard InChI is InChI=1S/C30H26N2O4S/c1-36-30(35)25-17-8-9-18-26(25)32-29(34)28(22-13-6-3-7-14-22)37-24-16-10-15-23(20-24)31-27(33)19-21-11-4-2-5-12-21/h2-18,20,28H,19H2,1H3,(H,31,33)(H,32,34). The minimum absolute atomic E-state index is 0.120. The Morgan fingerprint density at radius 2 is 1.46 bits per heavy atom. The van der Waals surface area contributed by atoms with Gasteiger partial charge in [0.05, 0.1) is 24.8 Å². The molecule has 4 rings (SSSR count). The van der Waals surface area contributed by atoms with Crippen molar-refractivity contribution in [1.29, 1.82) is 0 Å². The molecule has 4 aromatic rings. The van der Waals surface area contributed by atoms with Gasteiger partial charge in [0, 0.05) is 10.6 Å². The molecule has 186 valence electrons. The van der Waals surface area contributed by atoms with Crippen LogP contribution in [0.1, 0.15) is 26.7 Å². The summed E-state index contributed by atoms with van der Waals surface area (Å²) in [5.41, 5.74) is 3.04. The van der Waals surface area contributed by atoms with Crippen LogP contribution in [0, 0.1) is 0 Å². The second-order valence-corrected chi connectivity index (χ2v) is 9.35. The number of hydrogen-bond donors (Lipinski definition) is 2. The maximum Gasteiger partial charge on any atom is 0.339 e. The number of thioether (sulfide) groups is 1. The summed E-state index contributed by atoms with van der Waals surface area (Å²) in [4.78, 5) is 39.0. The van der Waals surface area contributed by atoms with Gasteiger partial charge in [0.1, 0.15) is 5.25 Å². The molecule has 0 saturated carbocycles. The van der Waals surface area contributed by atoms with Crippen LogP contribution in [-0.4, -0.2) is 24.9 Å². The number of nitrogens with one attached hydrogen (secondary N) is 2. The van der Waals surface area contributed by atoms with Gasteiger partial charge in [0.2, 0.25) is 11.8 Å². The molecule has 6 nitrogen and oxygen atoms in total. The molecule has 2 amide bonds. The number of para-hydroxylation sites is 1. The molecule has 0 aliphatic rings. The fourth-order valence-electron chi connectivity index (χ4n) is 3.75. The molecular formula is C30H26N2O4S. The van der Waals surface area contributed by atoms with Crippen molar-refractivity contribution in [3.8, 4) is 0 Å². The van der Waals surface area contributed by atoms with E-state index in [0.717, 1.165) is 16.0 Å². The summed E-state index contributed by atoms with van der Waals surface area (Å²) in [7, 11) is 1.30. The van der Waals surface area contributed by atoms with Crippen molar-refractivity contribution in [2.75, 3.05) is 17.7 Å². The predicted octanol–water partition coefficient (Wildman–Crippen LogP) is 6.13. The maximum absolute atomic E-state index is 13.5. The zero-order valence-electron chi connectivity index (χ0n) is 20.2. The van der Waals surface area contributed by atoms with E-state index in [1.165, 1.54) is 18.9 Å². The Balaban J connectivity index is 1.53. The van der Waals surface area contributed by atoms with E-state index < -0.39 is 11.2 Å². The van der Waals surface area contributed by atoms with Crippen LogP contribution >= 0.6 is 11.8 Å². The molecule has 1 atom stereocenters. The number of esters is 1. The van der Waals surface area contributed by atoms with Gasteiger partial charge >= 0.3 is 5.97 Å². The predicted molar refractivity (Wildman–Crippen MR) is 147 cm³/mol. The van der Waals surface area contributed by atoms with Gasteiger partial charge in [-0.2, -0.15) is 0 Å². The van der Waals surface area contributed by atoms with Crippen molar-refractivity contribution in [2.24, 2.45) is 0 Å². The van der Waals surface area contributed by atoms with Crippen LogP contribution in [0.3, 0.4) is 0 Å². The summed E-state index contributed by atoms with van der Waals surface area (Å²) in [5, 5.41) is 5.21. The number of carbonyl (C=O) groups excluding carboxylic acids is 3. The van der Waals surface area contributed by atoms with E-state index >= 15 is 0 Å². The minimum atomic E-state index is -0.609. The normalized spacial score (nSPS) is 11.3. The van der Waals surface area contributed by atoms with Crippen molar-refractivity contribution in [2.45, 2.75) is 16.6 Å². The smallest absolute Gasteiger partial charge is 0.339 e. The van der Waals surface area contributed by atoms with Crippen LogP contribution in [0.5, 0.6) is 0 Å². The lowest BCUT2D eigenvalue weighted by Crippen LogP contribution is -2.21. The number of benzene rings is 4. The molecule has 7 heteroatoms. The Labute approximate surface area is 220 Å².